The minimum atomic E-state index is -0.0328. The topological polar surface area (TPSA) is 77.3 Å². The third-order valence-electron chi connectivity index (χ3n) is 5.02. The molecule has 0 radical (unpaired) electrons. The van der Waals surface area contributed by atoms with Crippen molar-refractivity contribution in [3.05, 3.63) is 24.3 Å². The molecule has 1 aromatic carbocycles. The Bertz CT molecular complexity index is 744. The summed E-state index contributed by atoms with van der Waals surface area (Å²) >= 11 is 0. The first-order chi connectivity index (χ1) is 12.5. The zero-order chi connectivity index (χ0) is 18.3. The lowest BCUT2D eigenvalue weighted by atomic mass is 10.1. The molecule has 2 aromatic rings. The summed E-state index contributed by atoms with van der Waals surface area (Å²) in [5.74, 6) is 0.744. The molecule has 4 rings (SSSR count). The molecule has 1 N–H and O–H groups in total. The van der Waals surface area contributed by atoms with Gasteiger partial charge in [-0.15, -0.1) is 5.10 Å². The molecule has 1 aromatic heterocycles. The van der Waals surface area contributed by atoms with E-state index in [-0.39, 0.29) is 24.3 Å². The summed E-state index contributed by atoms with van der Waals surface area (Å²) in [5.41, 5.74) is 2.12. The van der Waals surface area contributed by atoms with Crippen molar-refractivity contribution >= 4 is 5.69 Å². The highest BCUT2D eigenvalue weighted by atomic mass is 16.6. The lowest BCUT2D eigenvalue weighted by Crippen LogP contribution is -2.44. The monoisotopic (exact) mass is 358 g/mol. The maximum atomic E-state index is 6.06. The third kappa shape index (κ3) is 3.08. The second-order valence-electron chi connectivity index (χ2n) is 7.48. The van der Waals surface area contributed by atoms with Crippen molar-refractivity contribution < 1.29 is 9.47 Å². The van der Waals surface area contributed by atoms with E-state index in [9.17, 15) is 0 Å². The van der Waals surface area contributed by atoms with Crippen LogP contribution in [0.2, 0.25) is 0 Å². The molecule has 8 heteroatoms. The standard InChI is InChI=1S/C18H26N6O2/c1-11(2)19-14-9-25-17-15(10-26-16(14)17)24-18(20-21-22-24)12-5-7-13(8-6-12)23(3)4/h5-8,11,14-17,19H,9-10H2,1-4H3/t14-,15-,16+,17+/m0/s1. The van der Waals surface area contributed by atoms with E-state index in [4.69, 9.17) is 9.47 Å². The molecule has 2 aliphatic rings. The Hall–Kier alpha value is -2.03. The van der Waals surface area contributed by atoms with Crippen molar-refractivity contribution in [3.63, 3.8) is 0 Å². The fourth-order valence-corrected chi connectivity index (χ4v) is 3.78. The number of nitrogens with zero attached hydrogens (tertiary/aromatic N) is 5. The van der Waals surface area contributed by atoms with E-state index in [1.165, 1.54) is 0 Å². The van der Waals surface area contributed by atoms with Crippen molar-refractivity contribution in [1.82, 2.24) is 25.5 Å². The number of anilines is 1. The fraction of sp³-hybridized carbons (Fsp3) is 0.611. The van der Waals surface area contributed by atoms with Gasteiger partial charge in [-0.25, -0.2) is 4.68 Å². The Morgan fingerprint density at radius 1 is 1.12 bits per heavy atom. The SMILES string of the molecule is CC(C)N[C@H]1CO[C@H]2[C@@H]1OC[C@@H]2n1nnnc1-c1ccc(N(C)C)cc1. The molecule has 0 spiro atoms. The Kier molecular flexibility index (Phi) is 4.64. The molecule has 0 aliphatic carbocycles. The third-order valence-corrected chi connectivity index (χ3v) is 5.02. The first-order valence-corrected chi connectivity index (χ1v) is 9.09. The highest BCUT2D eigenvalue weighted by Gasteiger charge is 2.49. The molecular formula is C18H26N6O2. The summed E-state index contributed by atoms with van der Waals surface area (Å²) < 4.78 is 14.0. The van der Waals surface area contributed by atoms with Crippen LogP contribution in [0, 0.1) is 0 Å². The Morgan fingerprint density at radius 3 is 2.54 bits per heavy atom. The number of ether oxygens (including phenoxy) is 2. The van der Waals surface area contributed by atoms with E-state index in [1.54, 1.807) is 0 Å². The van der Waals surface area contributed by atoms with Crippen LogP contribution in [-0.4, -0.2) is 71.8 Å². The maximum Gasteiger partial charge on any atom is 0.182 e. The van der Waals surface area contributed by atoms with Gasteiger partial charge in [-0.1, -0.05) is 13.8 Å². The minimum Gasteiger partial charge on any atom is -0.378 e. The number of nitrogens with one attached hydrogen (secondary N) is 1. The number of tetrazole rings is 1. The highest BCUT2D eigenvalue weighted by Crippen LogP contribution is 2.35. The van der Waals surface area contributed by atoms with Crippen LogP contribution in [0.1, 0.15) is 19.9 Å². The van der Waals surface area contributed by atoms with Crippen LogP contribution >= 0.6 is 0 Å². The lowest BCUT2D eigenvalue weighted by Gasteiger charge is -2.20. The van der Waals surface area contributed by atoms with Crippen LogP contribution < -0.4 is 10.2 Å². The van der Waals surface area contributed by atoms with Gasteiger partial charge in [-0.3, -0.25) is 0 Å². The summed E-state index contributed by atoms with van der Waals surface area (Å²) in [7, 11) is 4.04. The molecular weight excluding hydrogens is 332 g/mol. The first-order valence-electron chi connectivity index (χ1n) is 9.09. The predicted octanol–water partition coefficient (Wildman–Crippen LogP) is 1.11. The van der Waals surface area contributed by atoms with Crippen LogP contribution in [0.5, 0.6) is 0 Å². The van der Waals surface area contributed by atoms with E-state index < -0.39 is 0 Å². The van der Waals surface area contributed by atoms with Crippen LogP contribution in [-0.2, 0) is 9.47 Å². The van der Waals surface area contributed by atoms with E-state index in [0.29, 0.717) is 19.3 Å². The van der Waals surface area contributed by atoms with Crippen molar-refractivity contribution in [2.45, 2.75) is 44.2 Å². The summed E-state index contributed by atoms with van der Waals surface area (Å²) in [4.78, 5) is 2.07. The van der Waals surface area contributed by atoms with Crippen molar-refractivity contribution in [2.24, 2.45) is 0 Å². The lowest BCUT2D eigenvalue weighted by molar-refractivity contribution is 0.0620. The molecule has 3 heterocycles. The summed E-state index contributed by atoms with van der Waals surface area (Å²) in [5, 5.41) is 15.9. The smallest absolute Gasteiger partial charge is 0.182 e. The number of aromatic nitrogens is 4. The van der Waals surface area contributed by atoms with Crippen LogP contribution in [0.4, 0.5) is 5.69 Å². The number of hydrogen-bond acceptors (Lipinski definition) is 7. The van der Waals surface area contributed by atoms with Crippen molar-refractivity contribution in [2.75, 3.05) is 32.2 Å². The van der Waals surface area contributed by atoms with Crippen LogP contribution in [0.15, 0.2) is 24.3 Å². The van der Waals surface area contributed by atoms with Gasteiger partial charge in [0.1, 0.15) is 18.2 Å². The number of fused-ring (bicyclic) bond motifs is 1. The van der Waals surface area contributed by atoms with E-state index in [1.807, 2.05) is 30.9 Å². The summed E-state index contributed by atoms with van der Waals surface area (Å²) in [6, 6.07) is 8.81. The molecule has 0 bridgehead atoms. The summed E-state index contributed by atoms with van der Waals surface area (Å²) in [6.07, 6.45) is 0.00474. The zero-order valence-electron chi connectivity index (χ0n) is 15.7. The molecule has 2 aliphatic heterocycles. The molecule has 8 nitrogen and oxygen atoms in total. The minimum absolute atomic E-state index is 0.0162. The number of rotatable bonds is 5. The van der Waals surface area contributed by atoms with Gasteiger partial charge >= 0.3 is 0 Å². The highest BCUT2D eigenvalue weighted by molar-refractivity contribution is 5.60. The molecule has 0 unspecified atom stereocenters. The number of hydrogen-bond donors (Lipinski definition) is 1. The van der Waals surface area contributed by atoms with Gasteiger partial charge in [0.15, 0.2) is 5.82 Å². The Balaban J connectivity index is 1.56. The molecule has 0 saturated carbocycles. The van der Waals surface area contributed by atoms with Crippen molar-refractivity contribution in [1.29, 1.82) is 0 Å². The largest absolute Gasteiger partial charge is 0.378 e. The second kappa shape index (κ2) is 6.94. The zero-order valence-corrected chi connectivity index (χ0v) is 15.7. The maximum absolute atomic E-state index is 6.06. The van der Waals surface area contributed by atoms with Gasteiger partial charge in [0.25, 0.3) is 0 Å². The quantitative estimate of drug-likeness (QED) is 0.858. The molecule has 0 amide bonds. The van der Waals surface area contributed by atoms with Gasteiger partial charge in [0.05, 0.1) is 19.3 Å². The normalized spacial score (nSPS) is 27.9. The van der Waals surface area contributed by atoms with E-state index in [2.05, 4.69) is 51.7 Å². The van der Waals surface area contributed by atoms with Gasteiger partial charge in [0, 0.05) is 31.4 Å². The molecule has 26 heavy (non-hydrogen) atoms. The van der Waals surface area contributed by atoms with E-state index >= 15 is 0 Å². The van der Waals surface area contributed by atoms with Crippen molar-refractivity contribution in [3.8, 4) is 11.4 Å². The predicted molar refractivity (Wildman–Crippen MR) is 98.2 cm³/mol. The van der Waals surface area contributed by atoms with Gasteiger partial charge in [0.2, 0.25) is 0 Å². The van der Waals surface area contributed by atoms with Gasteiger partial charge < -0.3 is 19.7 Å². The van der Waals surface area contributed by atoms with Crippen LogP contribution in [0.3, 0.4) is 0 Å². The molecule has 140 valence electrons. The molecule has 2 saturated heterocycles. The average molecular weight is 358 g/mol. The van der Waals surface area contributed by atoms with Crippen LogP contribution in [0.25, 0.3) is 11.4 Å². The fourth-order valence-electron chi connectivity index (χ4n) is 3.78. The number of benzene rings is 1. The van der Waals surface area contributed by atoms with E-state index in [0.717, 1.165) is 17.1 Å². The average Bonchev–Trinajstić information content (AvgIpc) is 3.31. The summed E-state index contributed by atoms with van der Waals surface area (Å²) in [6.45, 7) is 5.48. The Morgan fingerprint density at radius 2 is 1.85 bits per heavy atom. The van der Waals surface area contributed by atoms with Gasteiger partial charge in [-0.05, 0) is 34.7 Å². The van der Waals surface area contributed by atoms with Gasteiger partial charge in [-0.2, -0.15) is 0 Å². The molecule has 2 fully saturated rings. The first kappa shape index (κ1) is 17.4. The molecule has 4 atom stereocenters. The second-order valence-corrected chi connectivity index (χ2v) is 7.48. The Labute approximate surface area is 153 Å².